The molecular weight excluding hydrogens is 504 g/mol. The number of benzene rings is 2. The van der Waals surface area contributed by atoms with Crippen LogP contribution in [0.1, 0.15) is 57.9 Å². The average Bonchev–Trinajstić information content (AvgIpc) is 3.65. The molecule has 0 saturated carbocycles. The molecule has 2 aromatic carbocycles. The zero-order valence-electron chi connectivity index (χ0n) is 24.1. The van der Waals surface area contributed by atoms with Crippen molar-refractivity contribution in [3.05, 3.63) is 54.2 Å². The van der Waals surface area contributed by atoms with Crippen molar-refractivity contribution in [3.63, 3.8) is 0 Å². The number of carbonyl (C=O) groups is 2. The zero-order chi connectivity index (χ0) is 28.1. The van der Waals surface area contributed by atoms with Crippen LogP contribution in [-0.4, -0.2) is 65.7 Å². The van der Waals surface area contributed by atoms with Crippen LogP contribution in [0.3, 0.4) is 0 Å². The lowest BCUT2D eigenvalue weighted by Gasteiger charge is -2.40. The first-order valence-electron chi connectivity index (χ1n) is 14.7. The minimum Gasteiger partial charge on any atom is -0.493 e. The summed E-state index contributed by atoms with van der Waals surface area (Å²) in [6.07, 6.45) is 8.27. The van der Waals surface area contributed by atoms with E-state index in [1.54, 1.807) is 7.11 Å². The molecule has 2 aliphatic rings. The highest BCUT2D eigenvalue weighted by atomic mass is 16.5. The number of likely N-dealkylation sites (tertiary alicyclic amines) is 1. The van der Waals surface area contributed by atoms with Crippen LogP contribution in [0, 0.1) is 0 Å². The third-order valence-electron chi connectivity index (χ3n) is 8.25. The van der Waals surface area contributed by atoms with Crippen LogP contribution in [-0.2, 0) is 17.9 Å². The number of nitrogens with zero attached hydrogens (tertiary/aromatic N) is 4. The summed E-state index contributed by atoms with van der Waals surface area (Å²) in [6.45, 7) is 8.13. The Hall–Kier alpha value is -3.68. The number of rotatable bonds is 11. The number of fused-ring (bicyclic) bond motifs is 1. The van der Waals surface area contributed by atoms with Crippen molar-refractivity contribution in [2.75, 3.05) is 38.3 Å². The van der Waals surface area contributed by atoms with E-state index in [1.165, 1.54) is 0 Å². The van der Waals surface area contributed by atoms with Gasteiger partial charge in [0.05, 0.1) is 13.7 Å². The van der Waals surface area contributed by atoms with Gasteiger partial charge in [0.1, 0.15) is 6.54 Å². The second kappa shape index (κ2) is 12.7. The van der Waals surface area contributed by atoms with Crippen LogP contribution < -0.4 is 14.4 Å². The van der Waals surface area contributed by atoms with E-state index in [2.05, 4.69) is 32.0 Å². The van der Waals surface area contributed by atoms with Gasteiger partial charge in [-0.05, 0) is 62.4 Å². The number of ether oxygens (including phenoxy) is 2. The number of amides is 3. The van der Waals surface area contributed by atoms with E-state index in [4.69, 9.17) is 9.47 Å². The lowest BCUT2D eigenvalue weighted by Crippen LogP contribution is -2.53. The average molecular weight is 547 g/mol. The first kappa shape index (κ1) is 27.9. The van der Waals surface area contributed by atoms with E-state index in [9.17, 15) is 9.59 Å². The second-order valence-electron chi connectivity index (χ2n) is 11.0. The van der Waals surface area contributed by atoms with Gasteiger partial charge in [0.15, 0.2) is 11.5 Å². The second-order valence-corrected chi connectivity index (χ2v) is 11.0. The Bertz CT molecular complexity index is 1330. The highest BCUT2D eigenvalue weighted by Crippen LogP contribution is 2.34. The lowest BCUT2D eigenvalue weighted by atomic mass is 10.1. The van der Waals surface area contributed by atoms with Gasteiger partial charge < -0.3 is 23.8 Å². The molecular formula is C32H42N4O4. The van der Waals surface area contributed by atoms with Gasteiger partial charge in [0.2, 0.25) is 5.91 Å². The maximum Gasteiger partial charge on any atom is 0.325 e. The standard InChI is InChI=1S/C32H42N4O4/c1-4-5-8-20-40-30-21-26(12-13-29(30)39-3)35-19-14-24(2)36(32(35)38)22-25-10-9-11-28-27(25)15-18-34(28)23-31(37)33-16-6-7-17-33/h9-13,15,18,21,24H,4-8,14,16-17,19-20,22-23H2,1-3H3/t24-/m0/s1. The topological polar surface area (TPSA) is 67.2 Å². The molecule has 8 nitrogen and oxygen atoms in total. The third kappa shape index (κ3) is 5.91. The third-order valence-corrected chi connectivity index (χ3v) is 8.25. The number of aromatic nitrogens is 1. The highest BCUT2D eigenvalue weighted by molar-refractivity contribution is 5.94. The molecule has 8 heteroatoms. The monoisotopic (exact) mass is 546 g/mol. The number of carbonyl (C=O) groups excluding carboxylic acids is 2. The van der Waals surface area contributed by atoms with Gasteiger partial charge in [-0.25, -0.2) is 4.79 Å². The van der Waals surface area contributed by atoms with Crippen molar-refractivity contribution < 1.29 is 19.1 Å². The summed E-state index contributed by atoms with van der Waals surface area (Å²) in [5, 5.41) is 1.08. The number of anilines is 1. The highest BCUT2D eigenvalue weighted by Gasteiger charge is 2.32. The Morgan fingerprint density at radius 1 is 1.02 bits per heavy atom. The summed E-state index contributed by atoms with van der Waals surface area (Å²) in [5.74, 6) is 1.52. The normalized spacial score (nSPS) is 17.6. The van der Waals surface area contributed by atoms with Crippen molar-refractivity contribution in [1.82, 2.24) is 14.4 Å². The Morgan fingerprint density at radius 3 is 2.62 bits per heavy atom. The van der Waals surface area contributed by atoms with E-state index in [-0.39, 0.29) is 18.0 Å². The van der Waals surface area contributed by atoms with Gasteiger partial charge in [0, 0.05) is 61.1 Å². The van der Waals surface area contributed by atoms with Gasteiger partial charge >= 0.3 is 6.03 Å². The van der Waals surface area contributed by atoms with Crippen molar-refractivity contribution >= 4 is 28.5 Å². The molecule has 1 aromatic heterocycles. The van der Waals surface area contributed by atoms with Gasteiger partial charge in [-0.2, -0.15) is 0 Å². The van der Waals surface area contributed by atoms with Crippen molar-refractivity contribution in [3.8, 4) is 11.5 Å². The molecule has 3 heterocycles. The molecule has 2 fully saturated rings. The summed E-state index contributed by atoms with van der Waals surface area (Å²) in [6, 6.07) is 14.1. The molecule has 5 rings (SSSR count). The first-order valence-corrected chi connectivity index (χ1v) is 14.7. The maximum absolute atomic E-state index is 13.9. The van der Waals surface area contributed by atoms with Crippen molar-refractivity contribution in [2.45, 2.75) is 71.5 Å². The van der Waals surface area contributed by atoms with Crippen LogP contribution in [0.5, 0.6) is 11.5 Å². The van der Waals surface area contributed by atoms with Crippen molar-refractivity contribution in [2.24, 2.45) is 0 Å². The molecule has 0 bridgehead atoms. The smallest absolute Gasteiger partial charge is 0.325 e. The summed E-state index contributed by atoms with van der Waals surface area (Å²) < 4.78 is 13.6. The predicted molar refractivity (Wildman–Crippen MR) is 158 cm³/mol. The van der Waals surface area contributed by atoms with Gasteiger partial charge in [-0.1, -0.05) is 31.9 Å². The minimum atomic E-state index is -0.0125. The maximum atomic E-state index is 13.9. The largest absolute Gasteiger partial charge is 0.493 e. The molecule has 2 aliphatic heterocycles. The van der Waals surface area contributed by atoms with Gasteiger partial charge in [-0.3, -0.25) is 9.69 Å². The molecule has 40 heavy (non-hydrogen) atoms. The fourth-order valence-corrected chi connectivity index (χ4v) is 5.81. The fraction of sp³-hybridized carbons (Fsp3) is 0.500. The Morgan fingerprint density at radius 2 is 1.85 bits per heavy atom. The Labute approximate surface area is 237 Å². The van der Waals surface area contributed by atoms with E-state index >= 15 is 0 Å². The molecule has 3 amide bonds. The SMILES string of the molecule is CCCCCOc1cc(N2CC[C@H](C)N(Cc3cccc4c3ccn4CC(=O)N3CCCC3)C2=O)ccc1OC. The molecule has 1 atom stereocenters. The number of methoxy groups -OCH3 is 1. The molecule has 2 saturated heterocycles. The molecule has 0 aliphatic carbocycles. The summed E-state index contributed by atoms with van der Waals surface area (Å²) >= 11 is 0. The quantitative estimate of drug-likeness (QED) is 0.274. The van der Waals surface area contributed by atoms with Crippen molar-refractivity contribution in [1.29, 1.82) is 0 Å². The summed E-state index contributed by atoms with van der Waals surface area (Å²) in [4.78, 5) is 32.4. The molecule has 0 N–H and O–H groups in total. The molecule has 0 radical (unpaired) electrons. The van der Waals surface area contributed by atoms with E-state index in [1.807, 2.05) is 49.7 Å². The zero-order valence-corrected chi connectivity index (χ0v) is 24.1. The fourth-order valence-electron chi connectivity index (χ4n) is 5.81. The van der Waals surface area contributed by atoms with Crippen LogP contribution >= 0.6 is 0 Å². The molecule has 0 spiro atoms. The van der Waals surface area contributed by atoms with E-state index in [0.29, 0.717) is 37.7 Å². The molecule has 214 valence electrons. The minimum absolute atomic E-state index is 0.0125. The number of hydrogen-bond acceptors (Lipinski definition) is 4. The van der Waals surface area contributed by atoms with Crippen LogP contribution in [0.15, 0.2) is 48.7 Å². The van der Waals surface area contributed by atoms with Crippen LogP contribution in [0.4, 0.5) is 10.5 Å². The summed E-state index contributed by atoms with van der Waals surface area (Å²) in [5.41, 5.74) is 2.93. The van der Waals surface area contributed by atoms with Gasteiger partial charge in [0.25, 0.3) is 0 Å². The number of hydrogen-bond donors (Lipinski definition) is 0. The van der Waals surface area contributed by atoms with E-state index < -0.39 is 0 Å². The van der Waals surface area contributed by atoms with Crippen LogP contribution in [0.2, 0.25) is 0 Å². The predicted octanol–water partition coefficient (Wildman–Crippen LogP) is 6.06. The molecule has 3 aromatic rings. The van der Waals surface area contributed by atoms with Gasteiger partial charge in [-0.15, -0.1) is 0 Å². The Balaban J connectivity index is 1.33. The lowest BCUT2D eigenvalue weighted by molar-refractivity contribution is -0.130. The first-order chi connectivity index (χ1) is 19.5. The van der Waals surface area contributed by atoms with E-state index in [0.717, 1.165) is 73.8 Å². The number of urea groups is 1. The Kier molecular flexibility index (Phi) is 8.82. The summed E-state index contributed by atoms with van der Waals surface area (Å²) in [7, 11) is 1.64. The van der Waals surface area contributed by atoms with Crippen LogP contribution in [0.25, 0.3) is 10.9 Å². The molecule has 0 unspecified atom stereocenters. The number of unbranched alkanes of at least 4 members (excludes halogenated alkanes) is 2.